The Hall–Kier alpha value is -2.29. The Morgan fingerprint density at radius 3 is 2.26 bits per heavy atom. The van der Waals surface area contributed by atoms with Gasteiger partial charge in [-0.25, -0.2) is 0 Å². The fourth-order valence-corrected chi connectivity index (χ4v) is 8.82. The second kappa shape index (κ2) is 8.14. The molecule has 180 valence electrons. The van der Waals surface area contributed by atoms with Crippen LogP contribution in [-0.4, -0.2) is 30.0 Å². The first-order valence-electron chi connectivity index (χ1n) is 13.5. The zero-order valence-electron chi connectivity index (χ0n) is 21.0. The van der Waals surface area contributed by atoms with Crippen molar-refractivity contribution in [3.63, 3.8) is 0 Å². The summed E-state index contributed by atoms with van der Waals surface area (Å²) in [6.45, 7) is 5.03. The van der Waals surface area contributed by atoms with Gasteiger partial charge in [0, 0.05) is 24.9 Å². The molecule has 3 nitrogen and oxygen atoms in total. The SMILES string of the molecule is CN1C(=O)CC[C@]2(C)[C@H]3CC[C@]4(C)[C@@H](Oc5ccc(-c6ccccc6)cc5)CC[C@H]4[C@@H]3CC[C@@H]12. The van der Waals surface area contributed by atoms with Crippen LogP contribution in [0.4, 0.5) is 0 Å². The van der Waals surface area contributed by atoms with Crippen molar-refractivity contribution in [3.05, 3.63) is 54.6 Å². The number of likely N-dealkylation sites (tertiary alicyclic amines) is 1. The summed E-state index contributed by atoms with van der Waals surface area (Å²) in [6.07, 6.45) is 9.59. The smallest absolute Gasteiger partial charge is 0.222 e. The van der Waals surface area contributed by atoms with E-state index in [0.29, 0.717) is 23.5 Å². The zero-order valence-corrected chi connectivity index (χ0v) is 21.0. The number of piperidine rings is 1. The minimum atomic E-state index is 0.263. The van der Waals surface area contributed by atoms with Gasteiger partial charge in [-0.3, -0.25) is 4.79 Å². The summed E-state index contributed by atoms with van der Waals surface area (Å²) >= 11 is 0. The van der Waals surface area contributed by atoms with Crippen molar-refractivity contribution in [2.45, 2.75) is 77.4 Å². The molecule has 34 heavy (non-hydrogen) atoms. The molecule has 0 N–H and O–H groups in total. The maximum atomic E-state index is 12.4. The molecule has 2 aromatic rings. The summed E-state index contributed by atoms with van der Waals surface area (Å²) in [5.74, 6) is 3.66. The lowest BCUT2D eigenvalue weighted by Crippen LogP contribution is -2.61. The van der Waals surface area contributed by atoms with Crippen LogP contribution in [-0.2, 0) is 4.79 Å². The molecule has 0 aromatic heterocycles. The van der Waals surface area contributed by atoms with Crippen molar-refractivity contribution in [2.24, 2.45) is 28.6 Å². The van der Waals surface area contributed by atoms with Crippen molar-refractivity contribution in [3.8, 4) is 16.9 Å². The average molecular weight is 458 g/mol. The predicted molar refractivity (Wildman–Crippen MR) is 136 cm³/mol. The summed E-state index contributed by atoms with van der Waals surface area (Å²) in [4.78, 5) is 14.5. The maximum Gasteiger partial charge on any atom is 0.222 e. The lowest BCUT2D eigenvalue weighted by Gasteiger charge is -2.61. The quantitative estimate of drug-likeness (QED) is 0.498. The molecule has 3 heteroatoms. The van der Waals surface area contributed by atoms with E-state index in [-0.39, 0.29) is 5.41 Å². The maximum absolute atomic E-state index is 12.4. The molecule has 3 aliphatic carbocycles. The van der Waals surface area contributed by atoms with E-state index < -0.39 is 0 Å². The molecule has 0 bridgehead atoms. The molecule has 1 saturated heterocycles. The first kappa shape index (κ1) is 22.2. The Bertz CT molecular complexity index is 1050. The fraction of sp³-hybridized carbons (Fsp3) is 0.581. The minimum absolute atomic E-state index is 0.263. The van der Waals surface area contributed by atoms with E-state index in [2.05, 4.69) is 80.4 Å². The number of nitrogens with zero attached hydrogens (tertiary/aromatic N) is 1. The number of benzene rings is 2. The Labute approximate surface area is 204 Å². The van der Waals surface area contributed by atoms with E-state index in [1.807, 2.05) is 0 Å². The molecule has 0 spiro atoms. The van der Waals surface area contributed by atoms with E-state index in [9.17, 15) is 4.79 Å². The third-order valence-corrected chi connectivity index (χ3v) is 10.7. The molecule has 0 unspecified atom stereocenters. The van der Waals surface area contributed by atoms with Gasteiger partial charge in [0.2, 0.25) is 5.91 Å². The zero-order chi connectivity index (χ0) is 23.5. The minimum Gasteiger partial charge on any atom is -0.490 e. The number of hydrogen-bond donors (Lipinski definition) is 0. The van der Waals surface area contributed by atoms with Gasteiger partial charge < -0.3 is 9.64 Å². The summed E-state index contributed by atoms with van der Waals surface area (Å²) in [5.41, 5.74) is 3.04. The molecule has 4 aliphatic rings. The predicted octanol–water partition coefficient (Wildman–Crippen LogP) is 6.96. The van der Waals surface area contributed by atoms with Crippen LogP contribution in [0.25, 0.3) is 11.1 Å². The Morgan fingerprint density at radius 2 is 1.50 bits per heavy atom. The molecule has 3 saturated carbocycles. The normalized spacial score (nSPS) is 39.2. The molecular weight excluding hydrogens is 418 g/mol. The van der Waals surface area contributed by atoms with Gasteiger partial charge in [0.1, 0.15) is 11.9 Å². The van der Waals surface area contributed by atoms with Crippen LogP contribution in [0.5, 0.6) is 5.75 Å². The van der Waals surface area contributed by atoms with Crippen LogP contribution >= 0.6 is 0 Å². The van der Waals surface area contributed by atoms with Crippen molar-refractivity contribution in [1.29, 1.82) is 0 Å². The van der Waals surface area contributed by atoms with Gasteiger partial charge in [-0.05, 0) is 91.4 Å². The highest BCUT2D eigenvalue weighted by molar-refractivity contribution is 5.77. The van der Waals surface area contributed by atoms with Crippen molar-refractivity contribution >= 4 is 5.91 Å². The van der Waals surface area contributed by atoms with Crippen LogP contribution in [0.3, 0.4) is 0 Å². The van der Waals surface area contributed by atoms with E-state index in [1.54, 1.807) is 0 Å². The Balaban J connectivity index is 1.19. The molecule has 1 amide bonds. The lowest BCUT2D eigenvalue weighted by molar-refractivity contribution is -0.159. The van der Waals surface area contributed by atoms with E-state index in [1.165, 1.54) is 49.7 Å². The number of amides is 1. The highest BCUT2D eigenvalue weighted by Gasteiger charge is 2.61. The van der Waals surface area contributed by atoms with Gasteiger partial charge in [-0.1, -0.05) is 56.3 Å². The van der Waals surface area contributed by atoms with Gasteiger partial charge >= 0.3 is 0 Å². The fourth-order valence-electron chi connectivity index (χ4n) is 8.82. The lowest BCUT2D eigenvalue weighted by atomic mass is 9.47. The molecule has 6 rings (SSSR count). The molecule has 1 aliphatic heterocycles. The molecule has 7 atom stereocenters. The van der Waals surface area contributed by atoms with Crippen molar-refractivity contribution in [2.75, 3.05) is 7.05 Å². The largest absolute Gasteiger partial charge is 0.490 e. The summed E-state index contributed by atoms with van der Waals surface area (Å²) in [7, 11) is 2.06. The van der Waals surface area contributed by atoms with Crippen LogP contribution in [0, 0.1) is 28.6 Å². The summed E-state index contributed by atoms with van der Waals surface area (Å²) in [6, 6.07) is 19.7. The number of fused-ring (bicyclic) bond motifs is 5. The summed E-state index contributed by atoms with van der Waals surface area (Å²) in [5, 5.41) is 0. The van der Waals surface area contributed by atoms with Gasteiger partial charge in [0.05, 0.1) is 0 Å². The standard InChI is InChI=1S/C31H39NO2/c1-30-20-18-29(33)32(3)27(30)15-13-24-25-14-16-28(31(25,2)19-17-26(24)30)34-23-11-9-22(10-12-23)21-7-5-4-6-8-21/h4-12,24-28H,13-20H2,1-3H3/t24-,25-,26-,27+,28-,30+,31-/m0/s1. The highest BCUT2D eigenvalue weighted by Crippen LogP contribution is 2.65. The number of carbonyl (C=O) groups excluding carboxylic acids is 1. The molecule has 4 fully saturated rings. The molecule has 1 heterocycles. The van der Waals surface area contributed by atoms with Crippen molar-refractivity contribution in [1.82, 2.24) is 4.90 Å². The van der Waals surface area contributed by atoms with Gasteiger partial charge in [-0.15, -0.1) is 0 Å². The number of rotatable bonds is 3. The molecule has 2 aromatic carbocycles. The topological polar surface area (TPSA) is 29.5 Å². The van der Waals surface area contributed by atoms with Crippen LogP contribution in [0.1, 0.15) is 65.2 Å². The van der Waals surface area contributed by atoms with Gasteiger partial charge in [-0.2, -0.15) is 0 Å². The number of hydrogen-bond acceptors (Lipinski definition) is 2. The van der Waals surface area contributed by atoms with E-state index in [0.717, 1.165) is 36.3 Å². The third-order valence-electron chi connectivity index (χ3n) is 10.7. The third kappa shape index (κ3) is 3.33. The highest BCUT2D eigenvalue weighted by atomic mass is 16.5. The monoisotopic (exact) mass is 457 g/mol. The van der Waals surface area contributed by atoms with Gasteiger partial charge in [0.25, 0.3) is 0 Å². The number of carbonyl (C=O) groups is 1. The first-order valence-corrected chi connectivity index (χ1v) is 13.5. The van der Waals surface area contributed by atoms with Gasteiger partial charge in [0.15, 0.2) is 0 Å². The number of ether oxygens (including phenoxy) is 1. The molecular formula is C31H39NO2. The van der Waals surface area contributed by atoms with Crippen LogP contribution in [0.15, 0.2) is 54.6 Å². The van der Waals surface area contributed by atoms with Crippen LogP contribution < -0.4 is 4.74 Å². The molecule has 0 radical (unpaired) electrons. The first-order chi connectivity index (χ1) is 16.4. The van der Waals surface area contributed by atoms with E-state index >= 15 is 0 Å². The van der Waals surface area contributed by atoms with Crippen LogP contribution in [0.2, 0.25) is 0 Å². The van der Waals surface area contributed by atoms with E-state index in [4.69, 9.17) is 4.74 Å². The second-order valence-corrected chi connectivity index (χ2v) is 12.1. The second-order valence-electron chi connectivity index (χ2n) is 12.1. The average Bonchev–Trinajstić information content (AvgIpc) is 3.19. The summed E-state index contributed by atoms with van der Waals surface area (Å²) < 4.78 is 6.73. The Kier molecular flexibility index (Phi) is 5.31. The van der Waals surface area contributed by atoms with Crippen molar-refractivity contribution < 1.29 is 9.53 Å². The Morgan fingerprint density at radius 1 is 0.794 bits per heavy atom.